The second-order valence-electron chi connectivity index (χ2n) is 7.37. The van der Waals surface area contributed by atoms with Crippen molar-refractivity contribution < 1.29 is 9.59 Å². The van der Waals surface area contributed by atoms with Crippen molar-refractivity contribution in [2.75, 3.05) is 37.6 Å². The lowest BCUT2D eigenvalue weighted by Crippen LogP contribution is -2.48. The first-order valence-corrected chi connectivity index (χ1v) is 9.66. The normalized spacial score (nSPS) is 23.2. The van der Waals surface area contributed by atoms with Gasteiger partial charge in [-0.25, -0.2) is 0 Å². The zero-order valence-electron chi connectivity index (χ0n) is 15.6. The molecule has 0 bridgehead atoms. The van der Waals surface area contributed by atoms with Crippen molar-refractivity contribution in [3.8, 4) is 0 Å². The molecule has 1 aromatic rings. The quantitative estimate of drug-likeness (QED) is 0.833. The molecule has 0 unspecified atom stereocenters. The summed E-state index contributed by atoms with van der Waals surface area (Å²) in [6, 6.07) is 8.21. The van der Waals surface area contributed by atoms with E-state index in [4.69, 9.17) is 5.73 Å². The van der Waals surface area contributed by atoms with Crippen molar-refractivity contribution in [1.82, 2.24) is 10.2 Å². The highest BCUT2D eigenvalue weighted by Gasteiger charge is 2.31. The lowest BCUT2D eigenvalue weighted by Gasteiger charge is -2.36. The number of amides is 2. The minimum absolute atomic E-state index is 0.0614. The van der Waals surface area contributed by atoms with Gasteiger partial charge in [0.05, 0.1) is 0 Å². The van der Waals surface area contributed by atoms with Crippen LogP contribution in [0.3, 0.4) is 0 Å². The number of carbonyl (C=O) groups excluding carboxylic acids is 2. The monoisotopic (exact) mass is 358 g/mol. The molecule has 3 N–H and O–H groups in total. The summed E-state index contributed by atoms with van der Waals surface area (Å²) in [6.45, 7) is 5.89. The van der Waals surface area contributed by atoms with E-state index in [9.17, 15) is 9.59 Å². The Morgan fingerprint density at radius 2 is 1.88 bits per heavy atom. The fourth-order valence-electron chi connectivity index (χ4n) is 4.21. The van der Waals surface area contributed by atoms with Crippen molar-refractivity contribution >= 4 is 17.5 Å². The molecule has 0 aromatic heterocycles. The molecule has 2 atom stereocenters. The van der Waals surface area contributed by atoms with E-state index in [1.807, 2.05) is 17.0 Å². The van der Waals surface area contributed by atoms with E-state index < -0.39 is 0 Å². The Kier molecular flexibility index (Phi) is 6.14. The number of hydrogen-bond acceptors (Lipinski definition) is 4. The summed E-state index contributed by atoms with van der Waals surface area (Å²) >= 11 is 0. The summed E-state index contributed by atoms with van der Waals surface area (Å²) in [6.07, 6.45) is 3.10. The van der Waals surface area contributed by atoms with Crippen LogP contribution in [0.15, 0.2) is 24.3 Å². The first kappa shape index (κ1) is 18.7. The molecule has 2 aliphatic rings. The maximum absolute atomic E-state index is 12.6. The average molecular weight is 358 g/mol. The van der Waals surface area contributed by atoms with E-state index in [-0.39, 0.29) is 17.7 Å². The molecule has 0 spiro atoms. The molecule has 1 saturated heterocycles. The maximum atomic E-state index is 12.6. The van der Waals surface area contributed by atoms with Gasteiger partial charge in [0, 0.05) is 51.3 Å². The molecule has 142 valence electrons. The van der Waals surface area contributed by atoms with Crippen molar-refractivity contribution in [3.05, 3.63) is 29.8 Å². The molecule has 26 heavy (non-hydrogen) atoms. The third-order valence-electron chi connectivity index (χ3n) is 5.81. The third-order valence-corrected chi connectivity index (χ3v) is 5.81. The highest BCUT2D eigenvalue weighted by molar-refractivity contribution is 5.79. The summed E-state index contributed by atoms with van der Waals surface area (Å²) in [5.41, 5.74) is 8.08. The molecular weight excluding hydrogens is 328 g/mol. The number of benzene rings is 1. The third kappa shape index (κ3) is 4.18. The number of hydrogen-bond donors (Lipinski definition) is 2. The fraction of sp³-hybridized carbons (Fsp3) is 0.600. The lowest BCUT2D eigenvalue weighted by molar-refractivity contribution is -0.129. The predicted octanol–water partition coefficient (Wildman–Crippen LogP) is 1.35. The fourth-order valence-corrected chi connectivity index (χ4v) is 4.21. The highest BCUT2D eigenvalue weighted by atomic mass is 16.2. The van der Waals surface area contributed by atoms with Crippen LogP contribution in [-0.2, 0) is 16.1 Å². The van der Waals surface area contributed by atoms with Gasteiger partial charge in [-0.15, -0.1) is 0 Å². The van der Waals surface area contributed by atoms with Crippen molar-refractivity contribution in [2.24, 2.45) is 17.6 Å². The summed E-state index contributed by atoms with van der Waals surface area (Å²) in [7, 11) is 0. The van der Waals surface area contributed by atoms with E-state index in [0.29, 0.717) is 19.0 Å². The van der Waals surface area contributed by atoms with Gasteiger partial charge in [-0.05, 0) is 36.9 Å². The van der Waals surface area contributed by atoms with E-state index in [1.54, 1.807) is 6.92 Å². The zero-order chi connectivity index (χ0) is 18.5. The van der Waals surface area contributed by atoms with Crippen LogP contribution in [0.5, 0.6) is 0 Å². The Morgan fingerprint density at radius 3 is 2.58 bits per heavy atom. The van der Waals surface area contributed by atoms with Gasteiger partial charge in [0.25, 0.3) is 0 Å². The SMILES string of the molecule is CC(=O)N1CCN(c2ccccc2CNC(=O)[C@@H]2CCC[C@@H]2CN)CC1. The van der Waals surface area contributed by atoms with Crippen LogP contribution in [0.4, 0.5) is 5.69 Å². The van der Waals surface area contributed by atoms with Crippen molar-refractivity contribution in [3.63, 3.8) is 0 Å². The molecule has 1 aliphatic heterocycles. The van der Waals surface area contributed by atoms with Gasteiger partial charge in [-0.3, -0.25) is 9.59 Å². The van der Waals surface area contributed by atoms with Crippen LogP contribution in [0, 0.1) is 11.8 Å². The molecule has 1 aliphatic carbocycles. The zero-order valence-corrected chi connectivity index (χ0v) is 15.6. The van der Waals surface area contributed by atoms with E-state index in [1.165, 1.54) is 0 Å². The Bertz CT molecular complexity index is 640. The number of rotatable bonds is 5. The number of anilines is 1. The molecule has 3 rings (SSSR count). The van der Waals surface area contributed by atoms with Crippen molar-refractivity contribution in [2.45, 2.75) is 32.7 Å². The first-order valence-electron chi connectivity index (χ1n) is 9.66. The van der Waals surface area contributed by atoms with Crippen LogP contribution < -0.4 is 16.0 Å². The Hall–Kier alpha value is -2.08. The predicted molar refractivity (Wildman–Crippen MR) is 103 cm³/mol. The summed E-state index contributed by atoms with van der Waals surface area (Å²) in [5, 5.41) is 3.13. The van der Waals surface area contributed by atoms with Gasteiger partial charge in [-0.1, -0.05) is 24.6 Å². The number of carbonyl (C=O) groups is 2. The second-order valence-corrected chi connectivity index (χ2v) is 7.37. The number of para-hydroxylation sites is 1. The van der Waals surface area contributed by atoms with Gasteiger partial charge < -0.3 is 20.9 Å². The molecule has 0 radical (unpaired) electrons. The second kappa shape index (κ2) is 8.54. The van der Waals surface area contributed by atoms with Crippen LogP contribution in [-0.4, -0.2) is 49.4 Å². The van der Waals surface area contributed by atoms with Crippen LogP contribution in [0.2, 0.25) is 0 Å². The van der Waals surface area contributed by atoms with Crippen LogP contribution in [0.1, 0.15) is 31.7 Å². The van der Waals surface area contributed by atoms with E-state index in [0.717, 1.165) is 56.7 Å². The standard InChI is InChI=1S/C20H30N4O2/c1-15(25)23-9-11-24(12-10-23)19-8-3-2-5-17(19)14-22-20(26)18-7-4-6-16(18)13-21/h2-3,5,8,16,18H,4,6-7,9-14,21H2,1H3,(H,22,26)/t16-,18-/m1/s1. The van der Waals surface area contributed by atoms with Crippen molar-refractivity contribution in [1.29, 1.82) is 0 Å². The molecular formula is C20H30N4O2. The summed E-state index contributed by atoms with van der Waals surface area (Å²) in [4.78, 5) is 28.3. The molecule has 6 heteroatoms. The largest absolute Gasteiger partial charge is 0.368 e. The number of nitrogens with one attached hydrogen (secondary N) is 1. The number of nitrogens with zero attached hydrogens (tertiary/aromatic N) is 2. The molecule has 1 heterocycles. The van der Waals surface area contributed by atoms with Gasteiger partial charge in [0.15, 0.2) is 0 Å². The number of piperazine rings is 1. The Morgan fingerprint density at radius 1 is 1.15 bits per heavy atom. The van der Waals surface area contributed by atoms with E-state index >= 15 is 0 Å². The number of nitrogens with two attached hydrogens (primary N) is 1. The Labute approximate surface area is 155 Å². The van der Waals surface area contributed by atoms with Gasteiger partial charge in [-0.2, -0.15) is 0 Å². The molecule has 2 amide bonds. The topological polar surface area (TPSA) is 78.7 Å². The van der Waals surface area contributed by atoms with Gasteiger partial charge in [0.2, 0.25) is 11.8 Å². The molecule has 2 fully saturated rings. The molecule has 6 nitrogen and oxygen atoms in total. The smallest absolute Gasteiger partial charge is 0.223 e. The first-order chi connectivity index (χ1) is 12.6. The van der Waals surface area contributed by atoms with Crippen LogP contribution in [0.25, 0.3) is 0 Å². The molecule has 1 aromatic carbocycles. The van der Waals surface area contributed by atoms with Crippen LogP contribution >= 0.6 is 0 Å². The lowest BCUT2D eigenvalue weighted by atomic mass is 9.95. The summed E-state index contributed by atoms with van der Waals surface area (Å²) in [5.74, 6) is 0.654. The average Bonchev–Trinajstić information content (AvgIpc) is 3.15. The Balaban J connectivity index is 1.61. The molecule has 1 saturated carbocycles. The minimum Gasteiger partial charge on any atom is -0.368 e. The van der Waals surface area contributed by atoms with Gasteiger partial charge >= 0.3 is 0 Å². The highest BCUT2D eigenvalue weighted by Crippen LogP contribution is 2.31. The minimum atomic E-state index is 0.0614. The van der Waals surface area contributed by atoms with Gasteiger partial charge in [0.1, 0.15) is 0 Å². The van der Waals surface area contributed by atoms with E-state index in [2.05, 4.69) is 22.3 Å². The maximum Gasteiger partial charge on any atom is 0.223 e. The summed E-state index contributed by atoms with van der Waals surface area (Å²) < 4.78 is 0.